The Kier molecular flexibility index (Phi) is 3.05. The van der Waals surface area contributed by atoms with Gasteiger partial charge in [0.2, 0.25) is 0 Å². The average Bonchev–Trinajstić information content (AvgIpc) is 2.69. The second-order valence-electron chi connectivity index (χ2n) is 2.48. The first-order valence-electron chi connectivity index (χ1n) is 3.85. The first-order valence-corrected chi connectivity index (χ1v) is 5.48. The normalized spacial score (nSPS) is 10.1. The Morgan fingerprint density at radius 1 is 1.50 bits per heavy atom. The minimum Gasteiger partial charge on any atom is -0.484 e. The molecule has 14 heavy (non-hydrogen) atoms. The van der Waals surface area contributed by atoms with E-state index in [0.29, 0.717) is 17.0 Å². The Morgan fingerprint density at radius 3 is 3.14 bits per heavy atom. The molecule has 0 aromatic carbocycles. The lowest BCUT2D eigenvalue weighted by atomic mass is 10.4. The minimum absolute atomic E-state index is 0.417. The predicted molar refractivity (Wildman–Crippen MR) is 56.2 cm³/mol. The third-order valence-corrected chi connectivity index (χ3v) is 2.65. The van der Waals surface area contributed by atoms with Crippen LogP contribution < -0.4 is 4.74 Å². The van der Waals surface area contributed by atoms with E-state index in [4.69, 9.17) is 4.74 Å². The Balaban J connectivity index is 2.02. The van der Waals surface area contributed by atoms with Gasteiger partial charge in [-0.25, -0.2) is 4.98 Å². The number of ether oxygens (including phenoxy) is 1. The van der Waals surface area contributed by atoms with E-state index in [2.05, 4.69) is 30.5 Å². The zero-order chi connectivity index (χ0) is 9.80. The van der Waals surface area contributed by atoms with E-state index in [-0.39, 0.29) is 0 Å². The smallest absolute Gasteiger partial charge is 0.152 e. The maximum atomic E-state index is 5.48. The summed E-state index contributed by atoms with van der Waals surface area (Å²) in [6, 6.07) is 3.66. The summed E-state index contributed by atoms with van der Waals surface area (Å²) in [5, 5.41) is 5.72. The topological polar surface area (TPSA) is 47.9 Å². The second kappa shape index (κ2) is 4.47. The lowest BCUT2D eigenvalue weighted by Gasteiger charge is -2.04. The van der Waals surface area contributed by atoms with E-state index >= 15 is 0 Å². The summed E-state index contributed by atoms with van der Waals surface area (Å²) in [6.45, 7) is 0.417. The van der Waals surface area contributed by atoms with Gasteiger partial charge in [-0.15, -0.1) is 5.10 Å². The van der Waals surface area contributed by atoms with Crippen molar-refractivity contribution in [1.29, 1.82) is 0 Å². The third-order valence-electron chi connectivity index (χ3n) is 1.51. The molecule has 0 N–H and O–H groups in total. The Bertz CT molecular complexity index is 407. The van der Waals surface area contributed by atoms with Gasteiger partial charge in [0.1, 0.15) is 16.9 Å². The van der Waals surface area contributed by atoms with Crippen LogP contribution in [0.15, 0.2) is 28.3 Å². The van der Waals surface area contributed by atoms with E-state index in [0.717, 1.165) is 5.69 Å². The minimum atomic E-state index is 0.417. The highest BCUT2D eigenvalue weighted by atomic mass is 79.9. The first-order chi connectivity index (χ1) is 6.86. The molecule has 0 fully saturated rings. The van der Waals surface area contributed by atoms with Crippen LogP contribution in [0.2, 0.25) is 0 Å². The number of pyridine rings is 1. The monoisotopic (exact) mass is 271 g/mol. The van der Waals surface area contributed by atoms with Gasteiger partial charge in [-0.3, -0.25) is 0 Å². The fraction of sp³-hybridized carbons (Fsp3) is 0.125. The highest BCUT2D eigenvalue weighted by molar-refractivity contribution is 9.10. The summed E-state index contributed by atoms with van der Waals surface area (Å²) in [6.07, 6.45) is 1.70. The molecule has 2 heterocycles. The van der Waals surface area contributed by atoms with Crippen molar-refractivity contribution in [3.8, 4) is 5.75 Å². The largest absolute Gasteiger partial charge is 0.484 e. The maximum absolute atomic E-state index is 5.48. The van der Waals surface area contributed by atoms with Crippen molar-refractivity contribution in [3.63, 3.8) is 0 Å². The van der Waals surface area contributed by atoms with Crippen molar-refractivity contribution in [1.82, 2.24) is 14.6 Å². The van der Waals surface area contributed by atoms with Crippen LogP contribution in [0, 0.1) is 0 Å². The summed E-state index contributed by atoms with van der Waals surface area (Å²) in [4.78, 5) is 4.04. The van der Waals surface area contributed by atoms with E-state index in [1.54, 1.807) is 6.20 Å². The van der Waals surface area contributed by atoms with E-state index in [1.165, 1.54) is 11.5 Å². The molecule has 0 aliphatic heterocycles. The number of halogens is 1. The number of rotatable bonds is 3. The van der Waals surface area contributed by atoms with Crippen molar-refractivity contribution in [2.24, 2.45) is 0 Å². The first kappa shape index (κ1) is 9.54. The van der Waals surface area contributed by atoms with Crippen molar-refractivity contribution in [2.75, 3.05) is 0 Å². The molecule has 0 spiro atoms. The lowest BCUT2D eigenvalue weighted by Crippen LogP contribution is -1.96. The molecule has 72 valence electrons. The van der Waals surface area contributed by atoms with Crippen LogP contribution in [0.1, 0.15) is 5.69 Å². The molecular weight excluding hydrogens is 266 g/mol. The SMILES string of the molecule is Brc1ncccc1OCc1csnn1. The lowest BCUT2D eigenvalue weighted by molar-refractivity contribution is 0.298. The molecule has 0 atom stereocenters. The van der Waals surface area contributed by atoms with Crippen molar-refractivity contribution < 1.29 is 4.74 Å². The molecule has 2 aromatic heterocycles. The van der Waals surface area contributed by atoms with Crippen LogP contribution in [-0.2, 0) is 6.61 Å². The molecule has 0 bridgehead atoms. The number of hydrogen-bond donors (Lipinski definition) is 0. The fourth-order valence-electron chi connectivity index (χ4n) is 0.878. The molecular formula is C8H6BrN3OS. The molecule has 0 amide bonds. The van der Waals surface area contributed by atoms with Crippen LogP contribution in [0.3, 0.4) is 0 Å². The standard InChI is InChI=1S/C8H6BrN3OS/c9-8-7(2-1-3-10-8)13-4-6-5-14-12-11-6/h1-3,5H,4H2. The molecule has 2 rings (SSSR count). The Hall–Kier alpha value is -1.01. The number of aromatic nitrogens is 3. The van der Waals surface area contributed by atoms with Gasteiger partial charge < -0.3 is 4.74 Å². The molecule has 4 nitrogen and oxygen atoms in total. The summed E-state index contributed by atoms with van der Waals surface area (Å²) in [7, 11) is 0. The summed E-state index contributed by atoms with van der Waals surface area (Å²) in [5.74, 6) is 0.709. The summed E-state index contributed by atoms with van der Waals surface area (Å²) < 4.78 is 9.91. The third kappa shape index (κ3) is 2.27. The summed E-state index contributed by atoms with van der Waals surface area (Å²) in [5.41, 5.74) is 0.825. The van der Waals surface area contributed by atoms with Crippen LogP contribution in [0.25, 0.3) is 0 Å². The average molecular weight is 272 g/mol. The summed E-state index contributed by atoms with van der Waals surface area (Å²) >= 11 is 4.60. The van der Waals surface area contributed by atoms with Gasteiger partial charge in [-0.2, -0.15) is 0 Å². The molecule has 6 heteroatoms. The van der Waals surface area contributed by atoms with E-state index < -0.39 is 0 Å². The van der Waals surface area contributed by atoms with Gasteiger partial charge in [0.15, 0.2) is 5.75 Å². The number of hydrogen-bond acceptors (Lipinski definition) is 5. The molecule has 2 aromatic rings. The van der Waals surface area contributed by atoms with Gasteiger partial charge in [-0.05, 0) is 39.6 Å². The molecule has 0 aliphatic carbocycles. The van der Waals surface area contributed by atoms with Gasteiger partial charge in [0.25, 0.3) is 0 Å². The molecule has 0 saturated carbocycles. The van der Waals surface area contributed by atoms with Crippen LogP contribution in [-0.4, -0.2) is 14.6 Å². The Labute approximate surface area is 93.2 Å². The highest BCUT2D eigenvalue weighted by Crippen LogP contribution is 2.21. The van der Waals surface area contributed by atoms with Crippen LogP contribution >= 0.6 is 27.5 Å². The van der Waals surface area contributed by atoms with E-state index in [1.807, 2.05) is 17.5 Å². The Morgan fingerprint density at radius 2 is 2.43 bits per heavy atom. The van der Waals surface area contributed by atoms with Gasteiger partial charge >= 0.3 is 0 Å². The zero-order valence-corrected chi connectivity index (χ0v) is 9.46. The van der Waals surface area contributed by atoms with Crippen molar-refractivity contribution in [3.05, 3.63) is 34.0 Å². The molecule has 0 unspecified atom stereocenters. The number of nitrogens with zero attached hydrogens (tertiary/aromatic N) is 3. The molecule has 0 saturated heterocycles. The predicted octanol–water partition coefficient (Wildman–Crippen LogP) is 2.27. The second-order valence-corrected chi connectivity index (χ2v) is 3.84. The van der Waals surface area contributed by atoms with Crippen molar-refractivity contribution in [2.45, 2.75) is 6.61 Å². The van der Waals surface area contributed by atoms with Crippen molar-refractivity contribution >= 4 is 27.5 Å². The quantitative estimate of drug-likeness (QED) is 0.804. The maximum Gasteiger partial charge on any atom is 0.152 e. The highest BCUT2D eigenvalue weighted by Gasteiger charge is 2.02. The fourth-order valence-corrected chi connectivity index (χ4v) is 1.68. The van der Waals surface area contributed by atoms with Crippen LogP contribution in [0.4, 0.5) is 0 Å². The molecule has 0 aliphatic rings. The van der Waals surface area contributed by atoms with Gasteiger partial charge in [-0.1, -0.05) is 4.49 Å². The zero-order valence-electron chi connectivity index (χ0n) is 7.05. The molecule has 0 radical (unpaired) electrons. The van der Waals surface area contributed by atoms with Gasteiger partial charge in [0, 0.05) is 11.6 Å². The van der Waals surface area contributed by atoms with E-state index in [9.17, 15) is 0 Å². The van der Waals surface area contributed by atoms with Crippen LogP contribution in [0.5, 0.6) is 5.75 Å². The van der Waals surface area contributed by atoms with Gasteiger partial charge in [0.05, 0.1) is 0 Å².